The molecule has 0 atom stereocenters. The SMILES string of the molecule is CN(CC(F)F)C(=O)CCCCCl. The van der Waals surface area contributed by atoms with Gasteiger partial charge >= 0.3 is 0 Å². The lowest BCUT2D eigenvalue weighted by molar-refractivity contribution is -0.131. The van der Waals surface area contributed by atoms with Crippen molar-refractivity contribution >= 4 is 17.5 Å². The van der Waals surface area contributed by atoms with Gasteiger partial charge in [0.1, 0.15) is 0 Å². The van der Waals surface area contributed by atoms with Crippen LogP contribution in [0.2, 0.25) is 0 Å². The van der Waals surface area contributed by atoms with Gasteiger partial charge in [-0.3, -0.25) is 4.79 Å². The molecule has 78 valence electrons. The number of amides is 1. The number of unbranched alkanes of at least 4 members (excludes halogenated alkanes) is 1. The van der Waals surface area contributed by atoms with Gasteiger partial charge in [0.2, 0.25) is 5.91 Å². The Morgan fingerprint density at radius 3 is 2.54 bits per heavy atom. The standard InChI is InChI=1S/C8H14ClF2NO/c1-12(6-7(10)11)8(13)4-2-3-5-9/h7H,2-6H2,1H3. The fourth-order valence-corrected chi connectivity index (χ4v) is 1.06. The summed E-state index contributed by atoms with van der Waals surface area (Å²) < 4.78 is 23.6. The predicted molar refractivity (Wildman–Crippen MR) is 48.2 cm³/mol. The Hall–Kier alpha value is -0.380. The van der Waals surface area contributed by atoms with E-state index in [9.17, 15) is 13.6 Å². The molecule has 0 rings (SSSR count). The van der Waals surface area contributed by atoms with Crippen LogP contribution < -0.4 is 0 Å². The predicted octanol–water partition coefficient (Wildman–Crippen LogP) is 2.12. The molecule has 2 nitrogen and oxygen atoms in total. The molecule has 1 amide bonds. The second kappa shape index (κ2) is 7.06. The lowest BCUT2D eigenvalue weighted by Gasteiger charge is -2.15. The summed E-state index contributed by atoms with van der Waals surface area (Å²) in [5.41, 5.74) is 0. The summed E-state index contributed by atoms with van der Waals surface area (Å²) in [6.45, 7) is -0.486. The molecule has 0 aliphatic heterocycles. The molecule has 5 heteroatoms. The third-order valence-corrected chi connectivity index (χ3v) is 1.88. The molecule has 0 fully saturated rings. The zero-order valence-electron chi connectivity index (χ0n) is 7.60. The van der Waals surface area contributed by atoms with Crippen LogP contribution in [-0.4, -0.2) is 36.7 Å². The Balaban J connectivity index is 3.57. The van der Waals surface area contributed by atoms with Gasteiger partial charge in [-0.15, -0.1) is 11.6 Å². The maximum Gasteiger partial charge on any atom is 0.255 e. The fraction of sp³-hybridized carbons (Fsp3) is 0.875. The van der Waals surface area contributed by atoms with Crippen molar-refractivity contribution in [3.05, 3.63) is 0 Å². The molecule has 0 aliphatic rings. The molecule has 0 unspecified atom stereocenters. The van der Waals surface area contributed by atoms with E-state index >= 15 is 0 Å². The second-order valence-corrected chi connectivity index (χ2v) is 3.19. The average Bonchev–Trinajstić information content (AvgIpc) is 2.03. The van der Waals surface area contributed by atoms with Gasteiger partial charge in [-0.2, -0.15) is 0 Å². The number of hydrogen-bond acceptors (Lipinski definition) is 1. The first-order chi connectivity index (χ1) is 6.07. The first-order valence-electron chi connectivity index (χ1n) is 4.16. The van der Waals surface area contributed by atoms with Crippen LogP contribution >= 0.6 is 11.6 Å². The highest BCUT2D eigenvalue weighted by Crippen LogP contribution is 2.03. The van der Waals surface area contributed by atoms with Gasteiger partial charge < -0.3 is 4.90 Å². The molecule has 0 spiro atoms. The van der Waals surface area contributed by atoms with Crippen molar-refractivity contribution in [1.82, 2.24) is 4.90 Å². The third kappa shape index (κ3) is 6.75. The first kappa shape index (κ1) is 12.6. The zero-order valence-corrected chi connectivity index (χ0v) is 8.36. The maximum atomic E-state index is 11.8. The Kier molecular flexibility index (Phi) is 6.86. The lowest BCUT2D eigenvalue weighted by atomic mass is 10.2. The Bertz CT molecular complexity index is 155. The van der Waals surface area contributed by atoms with Crippen LogP contribution in [0.1, 0.15) is 19.3 Å². The van der Waals surface area contributed by atoms with Gasteiger partial charge in [0.05, 0.1) is 6.54 Å². The number of rotatable bonds is 6. The normalized spacial score (nSPS) is 10.5. The fourth-order valence-electron chi connectivity index (χ4n) is 0.870. The summed E-state index contributed by atoms with van der Waals surface area (Å²) in [6.07, 6.45) is -0.747. The smallest absolute Gasteiger partial charge is 0.255 e. The van der Waals surface area contributed by atoms with Gasteiger partial charge in [-0.25, -0.2) is 8.78 Å². The Labute approximate surface area is 81.8 Å². The lowest BCUT2D eigenvalue weighted by Crippen LogP contribution is -2.31. The first-order valence-corrected chi connectivity index (χ1v) is 4.69. The largest absolute Gasteiger partial charge is 0.340 e. The van der Waals surface area contributed by atoms with Crippen LogP contribution in [0.5, 0.6) is 0 Å². The molecule has 0 radical (unpaired) electrons. The number of carbonyl (C=O) groups is 1. The zero-order chi connectivity index (χ0) is 10.3. The van der Waals surface area contributed by atoms with Crippen molar-refractivity contribution in [3.63, 3.8) is 0 Å². The summed E-state index contributed by atoms with van der Waals surface area (Å²) in [4.78, 5) is 12.2. The van der Waals surface area contributed by atoms with Crippen LogP contribution in [-0.2, 0) is 4.79 Å². The van der Waals surface area contributed by atoms with E-state index in [1.165, 1.54) is 7.05 Å². The summed E-state index contributed by atoms with van der Waals surface area (Å²) in [5, 5.41) is 0. The average molecular weight is 214 g/mol. The number of nitrogens with zero attached hydrogens (tertiary/aromatic N) is 1. The monoisotopic (exact) mass is 213 g/mol. The molecule has 0 aromatic carbocycles. The molecular formula is C8H14ClF2NO. The molecule has 0 aromatic heterocycles. The summed E-state index contributed by atoms with van der Waals surface area (Å²) in [6, 6.07) is 0. The van der Waals surface area contributed by atoms with Crippen molar-refractivity contribution < 1.29 is 13.6 Å². The van der Waals surface area contributed by atoms with Gasteiger partial charge in [0.25, 0.3) is 6.43 Å². The van der Waals surface area contributed by atoms with E-state index in [1.54, 1.807) is 0 Å². The maximum absolute atomic E-state index is 11.8. The highest BCUT2D eigenvalue weighted by molar-refractivity contribution is 6.17. The molecule has 0 N–H and O–H groups in total. The van der Waals surface area contributed by atoms with E-state index < -0.39 is 13.0 Å². The molecule has 0 bridgehead atoms. The molecule has 0 heterocycles. The highest BCUT2D eigenvalue weighted by Gasteiger charge is 2.12. The van der Waals surface area contributed by atoms with Crippen LogP contribution in [0.3, 0.4) is 0 Å². The number of hydrogen-bond donors (Lipinski definition) is 0. The minimum atomic E-state index is -2.46. The van der Waals surface area contributed by atoms with Crippen molar-refractivity contribution in [3.8, 4) is 0 Å². The van der Waals surface area contributed by atoms with E-state index in [1.807, 2.05) is 0 Å². The number of halogens is 3. The Morgan fingerprint density at radius 2 is 2.08 bits per heavy atom. The van der Waals surface area contributed by atoms with Crippen molar-refractivity contribution in [1.29, 1.82) is 0 Å². The van der Waals surface area contributed by atoms with Gasteiger partial charge in [-0.05, 0) is 12.8 Å². The topological polar surface area (TPSA) is 20.3 Å². The molecule has 13 heavy (non-hydrogen) atoms. The van der Waals surface area contributed by atoms with Crippen LogP contribution in [0.25, 0.3) is 0 Å². The van der Waals surface area contributed by atoms with E-state index in [0.29, 0.717) is 18.7 Å². The summed E-state index contributed by atoms with van der Waals surface area (Å²) in [5.74, 6) is 0.261. The molecule has 0 saturated carbocycles. The second-order valence-electron chi connectivity index (χ2n) is 2.81. The van der Waals surface area contributed by atoms with Crippen molar-refractivity contribution in [2.24, 2.45) is 0 Å². The van der Waals surface area contributed by atoms with E-state index in [2.05, 4.69) is 0 Å². The molecule has 0 aromatic rings. The van der Waals surface area contributed by atoms with Gasteiger partial charge in [0, 0.05) is 19.3 Å². The third-order valence-electron chi connectivity index (χ3n) is 1.61. The minimum absolute atomic E-state index is 0.245. The van der Waals surface area contributed by atoms with E-state index in [-0.39, 0.29) is 5.91 Å². The Morgan fingerprint density at radius 1 is 1.46 bits per heavy atom. The molecule has 0 saturated heterocycles. The van der Waals surface area contributed by atoms with E-state index in [0.717, 1.165) is 11.3 Å². The summed E-state index contributed by atoms with van der Waals surface area (Å²) in [7, 11) is 1.38. The quantitative estimate of drug-likeness (QED) is 0.489. The van der Waals surface area contributed by atoms with E-state index in [4.69, 9.17) is 11.6 Å². The molecular weight excluding hydrogens is 200 g/mol. The number of alkyl halides is 3. The van der Waals surface area contributed by atoms with Gasteiger partial charge in [0.15, 0.2) is 0 Å². The highest BCUT2D eigenvalue weighted by atomic mass is 35.5. The minimum Gasteiger partial charge on any atom is -0.340 e. The number of carbonyl (C=O) groups excluding carboxylic acids is 1. The van der Waals surface area contributed by atoms with Crippen molar-refractivity contribution in [2.45, 2.75) is 25.7 Å². The van der Waals surface area contributed by atoms with Crippen LogP contribution in [0, 0.1) is 0 Å². The van der Waals surface area contributed by atoms with Gasteiger partial charge in [-0.1, -0.05) is 0 Å². The van der Waals surface area contributed by atoms with Crippen molar-refractivity contribution in [2.75, 3.05) is 19.5 Å². The molecule has 0 aliphatic carbocycles. The van der Waals surface area contributed by atoms with Crippen LogP contribution in [0.4, 0.5) is 8.78 Å². The summed E-state index contributed by atoms with van der Waals surface area (Å²) >= 11 is 5.40. The van der Waals surface area contributed by atoms with Crippen LogP contribution in [0.15, 0.2) is 0 Å².